The topological polar surface area (TPSA) is 17.8 Å². The summed E-state index contributed by atoms with van der Waals surface area (Å²) in [7, 11) is 0. The highest BCUT2D eigenvalue weighted by Gasteiger charge is 2.16. The van der Waals surface area contributed by atoms with E-state index in [9.17, 15) is 4.39 Å². The molecule has 0 unspecified atom stereocenters. The molecule has 1 heterocycles. The standard InChI is InChI=1S/C14H8BrCl2FN2/c15-8-4-5-11(10(18)6-8)20-12-3-1-2-9(17)14(12)19-13(20)7-16/h1-6H,7H2. The molecule has 0 aliphatic heterocycles. The summed E-state index contributed by atoms with van der Waals surface area (Å²) in [6, 6.07) is 10.2. The Hall–Kier alpha value is -1.10. The summed E-state index contributed by atoms with van der Waals surface area (Å²) in [5, 5.41) is 0.519. The van der Waals surface area contributed by atoms with Gasteiger partial charge in [0.15, 0.2) is 0 Å². The van der Waals surface area contributed by atoms with Crippen LogP contribution in [0.15, 0.2) is 40.9 Å². The highest BCUT2D eigenvalue weighted by molar-refractivity contribution is 9.10. The maximum atomic E-state index is 14.2. The van der Waals surface area contributed by atoms with Crippen molar-refractivity contribution in [2.45, 2.75) is 5.88 Å². The van der Waals surface area contributed by atoms with Crippen LogP contribution in [-0.4, -0.2) is 9.55 Å². The lowest BCUT2D eigenvalue weighted by atomic mass is 10.2. The lowest BCUT2D eigenvalue weighted by Gasteiger charge is -2.09. The van der Waals surface area contributed by atoms with Crippen LogP contribution < -0.4 is 0 Å². The third kappa shape index (κ3) is 2.22. The first-order valence-corrected chi connectivity index (χ1v) is 7.49. The second kappa shape index (κ2) is 5.35. The van der Waals surface area contributed by atoms with E-state index < -0.39 is 0 Å². The number of hydrogen-bond acceptors (Lipinski definition) is 1. The fourth-order valence-corrected chi connectivity index (χ4v) is 2.86. The molecule has 2 aromatic carbocycles. The molecule has 2 nitrogen and oxygen atoms in total. The zero-order valence-corrected chi connectivity index (χ0v) is 13.2. The summed E-state index contributed by atoms with van der Waals surface area (Å²) in [5.41, 5.74) is 1.75. The summed E-state index contributed by atoms with van der Waals surface area (Å²) >= 11 is 15.3. The molecule has 0 amide bonds. The SMILES string of the molecule is Fc1cc(Br)ccc1-n1c(CCl)nc2c(Cl)cccc21. The molecule has 0 saturated carbocycles. The summed E-state index contributed by atoms with van der Waals surface area (Å²) in [4.78, 5) is 4.39. The molecular formula is C14H8BrCl2FN2. The van der Waals surface area contributed by atoms with Crippen LogP contribution in [0.25, 0.3) is 16.7 Å². The van der Waals surface area contributed by atoms with Crippen molar-refractivity contribution in [2.24, 2.45) is 0 Å². The van der Waals surface area contributed by atoms with Crippen molar-refractivity contribution in [1.29, 1.82) is 0 Å². The molecule has 0 fully saturated rings. The van der Waals surface area contributed by atoms with Crippen LogP contribution in [0.4, 0.5) is 4.39 Å². The molecule has 0 spiro atoms. The predicted octanol–water partition coefficient (Wildman–Crippen LogP) is 5.32. The van der Waals surface area contributed by atoms with Crippen LogP contribution >= 0.6 is 39.1 Å². The number of fused-ring (bicyclic) bond motifs is 1. The van der Waals surface area contributed by atoms with Crippen molar-refractivity contribution in [3.63, 3.8) is 0 Å². The van der Waals surface area contributed by atoms with Crippen molar-refractivity contribution >= 4 is 50.2 Å². The average molecular weight is 374 g/mol. The number of rotatable bonds is 2. The van der Waals surface area contributed by atoms with Gasteiger partial charge in [-0.05, 0) is 30.3 Å². The number of halogens is 4. The first-order chi connectivity index (χ1) is 9.61. The second-order valence-corrected chi connectivity index (χ2v) is 5.79. The minimum Gasteiger partial charge on any atom is -0.292 e. The normalized spacial score (nSPS) is 11.2. The number of benzene rings is 2. The molecule has 1 aromatic heterocycles. The Morgan fingerprint density at radius 2 is 2.05 bits per heavy atom. The molecular weight excluding hydrogens is 366 g/mol. The maximum absolute atomic E-state index is 14.2. The number of hydrogen-bond donors (Lipinski definition) is 0. The Bertz CT molecular complexity index is 801. The van der Waals surface area contributed by atoms with E-state index in [0.29, 0.717) is 26.5 Å². The van der Waals surface area contributed by atoms with Gasteiger partial charge >= 0.3 is 0 Å². The van der Waals surface area contributed by atoms with E-state index in [1.807, 2.05) is 6.07 Å². The fraction of sp³-hybridized carbons (Fsp3) is 0.0714. The van der Waals surface area contributed by atoms with Crippen LogP contribution in [0, 0.1) is 5.82 Å². The molecule has 102 valence electrons. The van der Waals surface area contributed by atoms with Gasteiger partial charge in [0, 0.05) is 4.47 Å². The van der Waals surface area contributed by atoms with Gasteiger partial charge in [-0.2, -0.15) is 0 Å². The third-order valence-electron chi connectivity index (χ3n) is 2.98. The second-order valence-electron chi connectivity index (χ2n) is 4.20. The lowest BCUT2D eigenvalue weighted by molar-refractivity contribution is 0.617. The molecule has 0 N–H and O–H groups in total. The fourth-order valence-electron chi connectivity index (χ4n) is 2.13. The Labute approximate surface area is 133 Å². The molecule has 0 saturated heterocycles. The number of alkyl halides is 1. The van der Waals surface area contributed by atoms with Gasteiger partial charge in [-0.15, -0.1) is 11.6 Å². The first-order valence-electron chi connectivity index (χ1n) is 5.79. The predicted molar refractivity (Wildman–Crippen MR) is 83.3 cm³/mol. The zero-order valence-electron chi connectivity index (χ0n) is 10.1. The van der Waals surface area contributed by atoms with Gasteiger partial charge < -0.3 is 0 Å². The van der Waals surface area contributed by atoms with Gasteiger partial charge in [-0.3, -0.25) is 4.57 Å². The lowest BCUT2D eigenvalue weighted by Crippen LogP contribution is -2.02. The van der Waals surface area contributed by atoms with Gasteiger partial charge in [0.05, 0.1) is 22.1 Å². The monoisotopic (exact) mass is 372 g/mol. The third-order valence-corrected chi connectivity index (χ3v) is 4.01. The molecule has 0 radical (unpaired) electrons. The van der Waals surface area contributed by atoms with Crippen molar-refractivity contribution < 1.29 is 4.39 Å². The van der Waals surface area contributed by atoms with E-state index >= 15 is 0 Å². The minimum atomic E-state index is -0.356. The Balaban J connectivity index is 2.37. The smallest absolute Gasteiger partial charge is 0.148 e. The first kappa shape index (κ1) is 13.9. The Morgan fingerprint density at radius 3 is 2.75 bits per heavy atom. The van der Waals surface area contributed by atoms with Crippen molar-refractivity contribution in [1.82, 2.24) is 9.55 Å². The van der Waals surface area contributed by atoms with Crippen LogP contribution in [0.3, 0.4) is 0 Å². The average Bonchev–Trinajstić information content (AvgIpc) is 2.79. The molecule has 6 heteroatoms. The minimum absolute atomic E-state index is 0.167. The number of para-hydroxylation sites is 1. The van der Waals surface area contributed by atoms with Gasteiger partial charge in [0.25, 0.3) is 0 Å². The van der Waals surface area contributed by atoms with E-state index in [1.54, 1.807) is 28.8 Å². The number of imidazole rings is 1. The molecule has 0 aliphatic rings. The van der Waals surface area contributed by atoms with Crippen molar-refractivity contribution in [3.05, 3.63) is 57.5 Å². The van der Waals surface area contributed by atoms with Crippen LogP contribution in [0.1, 0.15) is 5.82 Å². The zero-order chi connectivity index (χ0) is 14.3. The van der Waals surface area contributed by atoms with Crippen LogP contribution in [0.5, 0.6) is 0 Å². The molecule has 3 aromatic rings. The van der Waals surface area contributed by atoms with Crippen LogP contribution in [0.2, 0.25) is 5.02 Å². The van der Waals surface area contributed by atoms with Gasteiger partial charge in [0.1, 0.15) is 17.2 Å². The molecule has 0 aliphatic carbocycles. The van der Waals surface area contributed by atoms with Gasteiger partial charge in [-0.1, -0.05) is 33.6 Å². The molecule has 0 bridgehead atoms. The summed E-state index contributed by atoms with van der Waals surface area (Å²) < 4.78 is 16.6. The van der Waals surface area contributed by atoms with E-state index in [-0.39, 0.29) is 11.7 Å². The largest absolute Gasteiger partial charge is 0.292 e. The highest BCUT2D eigenvalue weighted by Crippen LogP contribution is 2.29. The molecule has 3 rings (SSSR count). The maximum Gasteiger partial charge on any atom is 0.148 e. The summed E-state index contributed by atoms with van der Waals surface area (Å²) in [5.74, 6) is 0.363. The van der Waals surface area contributed by atoms with Gasteiger partial charge in [0.2, 0.25) is 0 Å². The van der Waals surface area contributed by atoms with E-state index in [2.05, 4.69) is 20.9 Å². The Morgan fingerprint density at radius 1 is 1.25 bits per heavy atom. The van der Waals surface area contributed by atoms with E-state index in [1.165, 1.54) is 6.07 Å². The van der Waals surface area contributed by atoms with Crippen LogP contribution in [-0.2, 0) is 5.88 Å². The summed E-state index contributed by atoms with van der Waals surface area (Å²) in [6.45, 7) is 0. The van der Waals surface area contributed by atoms with Crippen molar-refractivity contribution in [3.8, 4) is 5.69 Å². The molecule has 20 heavy (non-hydrogen) atoms. The number of aromatic nitrogens is 2. The Kier molecular flexibility index (Phi) is 3.71. The van der Waals surface area contributed by atoms with Crippen molar-refractivity contribution in [2.75, 3.05) is 0 Å². The number of nitrogens with zero attached hydrogens (tertiary/aromatic N) is 2. The summed E-state index contributed by atoms with van der Waals surface area (Å²) in [6.07, 6.45) is 0. The van der Waals surface area contributed by atoms with E-state index in [0.717, 1.165) is 5.52 Å². The van der Waals surface area contributed by atoms with E-state index in [4.69, 9.17) is 23.2 Å². The highest BCUT2D eigenvalue weighted by atomic mass is 79.9. The molecule has 0 atom stereocenters. The quantitative estimate of drug-likeness (QED) is 0.556. The van der Waals surface area contributed by atoms with Gasteiger partial charge in [-0.25, -0.2) is 9.37 Å².